The number of hydrogen-bond donors (Lipinski definition) is 0. The smallest absolute Gasteiger partial charge is 0.340 e. The number of rotatable bonds is 6. The molecule has 0 saturated carbocycles. The van der Waals surface area contributed by atoms with E-state index in [4.69, 9.17) is 9.47 Å². The first-order valence-electron chi connectivity index (χ1n) is 7.72. The Hall–Kier alpha value is -2.35. The van der Waals surface area contributed by atoms with Crippen LogP contribution in [0.15, 0.2) is 73.3 Å². The largest absolute Gasteiger partial charge is 0.487 e. The van der Waals surface area contributed by atoms with Gasteiger partial charge in [-0.25, -0.2) is 9.78 Å². The van der Waals surface area contributed by atoms with Crippen molar-refractivity contribution in [3.63, 3.8) is 0 Å². The number of carbonyl (C=O) groups is 1. The summed E-state index contributed by atoms with van der Waals surface area (Å²) in [6.07, 6.45) is 4.99. The lowest BCUT2D eigenvalue weighted by Gasteiger charge is -2.30. The summed E-state index contributed by atoms with van der Waals surface area (Å²) >= 11 is 2.19. The van der Waals surface area contributed by atoms with Crippen molar-refractivity contribution in [1.29, 1.82) is 0 Å². The van der Waals surface area contributed by atoms with Gasteiger partial charge in [0.1, 0.15) is 12.4 Å². The summed E-state index contributed by atoms with van der Waals surface area (Å²) in [4.78, 5) is 16.6. The molecule has 0 saturated heterocycles. The second-order valence-electron chi connectivity index (χ2n) is 5.64. The van der Waals surface area contributed by atoms with Gasteiger partial charge in [0.2, 0.25) is 5.72 Å². The number of benzene rings is 2. The molecule has 128 valence electrons. The number of aromatic nitrogens is 2. The van der Waals surface area contributed by atoms with Crippen LogP contribution in [0.25, 0.3) is 0 Å². The van der Waals surface area contributed by atoms with Gasteiger partial charge in [0.15, 0.2) is 0 Å². The third-order valence-corrected chi connectivity index (χ3v) is 4.41. The molecule has 25 heavy (non-hydrogen) atoms. The van der Waals surface area contributed by atoms with Gasteiger partial charge < -0.3 is 9.47 Å². The molecule has 0 N–H and O–H groups in total. The van der Waals surface area contributed by atoms with Crippen LogP contribution in [0.3, 0.4) is 0 Å². The van der Waals surface area contributed by atoms with Gasteiger partial charge in [0, 0.05) is 16.0 Å². The van der Waals surface area contributed by atoms with E-state index in [-0.39, 0.29) is 6.61 Å². The van der Waals surface area contributed by atoms with Crippen molar-refractivity contribution in [1.82, 2.24) is 9.55 Å². The van der Waals surface area contributed by atoms with Crippen LogP contribution in [0.5, 0.6) is 5.75 Å². The zero-order chi connectivity index (χ0) is 17.7. The first kappa shape index (κ1) is 17.5. The molecule has 0 fully saturated rings. The second kappa shape index (κ2) is 7.69. The Morgan fingerprint density at radius 3 is 2.52 bits per heavy atom. The van der Waals surface area contributed by atoms with E-state index in [1.807, 2.05) is 42.5 Å². The minimum Gasteiger partial charge on any atom is -0.487 e. The van der Waals surface area contributed by atoms with Gasteiger partial charge in [-0.3, -0.25) is 4.57 Å². The van der Waals surface area contributed by atoms with Gasteiger partial charge in [0.25, 0.3) is 0 Å². The van der Waals surface area contributed by atoms with Gasteiger partial charge >= 0.3 is 5.97 Å². The molecule has 0 spiro atoms. The van der Waals surface area contributed by atoms with E-state index in [0.29, 0.717) is 11.3 Å². The quantitative estimate of drug-likeness (QED) is 0.421. The number of imidazole rings is 1. The van der Waals surface area contributed by atoms with Crippen molar-refractivity contribution in [2.45, 2.75) is 12.6 Å². The van der Waals surface area contributed by atoms with E-state index >= 15 is 0 Å². The molecule has 3 rings (SSSR count). The zero-order valence-corrected chi connectivity index (χ0v) is 15.8. The summed E-state index contributed by atoms with van der Waals surface area (Å²) in [6, 6.07) is 16.6. The van der Waals surface area contributed by atoms with E-state index in [9.17, 15) is 4.79 Å². The van der Waals surface area contributed by atoms with Crippen LogP contribution in [0.4, 0.5) is 0 Å². The molecule has 1 aromatic heterocycles. The number of para-hydroxylation sites is 1. The Bertz CT molecular complexity index is 820. The van der Waals surface area contributed by atoms with E-state index in [1.54, 1.807) is 42.3 Å². The maximum Gasteiger partial charge on any atom is 0.340 e. The zero-order valence-electron chi connectivity index (χ0n) is 13.6. The van der Waals surface area contributed by atoms with Crippen molar-refractivity contribution in [3.05, 3.63) is 82.5 Å². The molecular weight excluding hydrogens is 431 g/mol. The highest BCUT2D eigenvalue weighted by atomic mass is 127. The number of ether oxygens (including phenoxy) is 2. The lowest BCUT2D eigenvalue weighted by Crippen LogP contribution is -2.40. The highest BCUT2D eigenvalue weighted by Crippen LogP contribution is 2.22. The third-order valence-electron chi connectivity index (χ3n) is 3.69. The summed E-state index contributed by atoms with van der Waals surface area (Å²) in [5, 5.41) is 0. The van der Waals surface area contributed by atoms with Crippen LogP contribution < -0.4 is 4.74 Å². The number of hydrogen-bond acceptors (Lipinski definition) is 4. The van der Waals surface area contributed by atoms with Crippen molar-refractivity contribution >= 4 is 28.6 Å². The summed E-state index contributed by atoms with van der Waals surface area (Å²) in [5.74, 6) is 0.295. The van der Waals surface area contributed by atoms with Gasteiger partial charge in [-0.2, -0.15) is 0 Å². The van der Waals surface area contributed by atoms with Gasteiger partial charge in [-0.05, 0) is 65.9 Å². The number of esters is 1. The molecule has 3 aromatic rings. The van der Waals surface area contributed by atoms with Crippen LogP contribution in [-0.4, -0.2) is 22.1 Å². The summed E-state index contributed by atoms with van der Waals surface area (Å²) in [7, 11) is 0. The van der Waals surface area contributed by atoms with E-state index in [0.717, 1.165) is 3.57 Å². The molecule has 1 heterocycles. The molecule has 1 atom stereocenters. The maximum atomic E-state index is 12.6. The van der Waals surface area contributed by atoms with Crippen LogP contribution in [0.2, 0.25) is 0 Å². The van der Waals surface area contributed by atoms with E-state index in [1.165, 1.54) is 0 Å². The molecule has 2 aromatic carbocycles. The standard InChI is InChI=1S/C19H17IN2O3/c1-19(22-12-11-21-14-22,13-24-17-5-3-2-4-6-17)25-18(23)15-7-9-16(20)10-8-15/h2-12,14H,13H2,1H3. The topological polar surface area (TPSA) is 53.4 Å². The average molecular weight is 448 g/mol. The molecule has 1 unspecified atom stereocenters. The third kappa shape index (κ3) is 4.39. The fraction of sp³-hybridized carbons (Fsp3) is 0.158. The first-order chi connectivity index (χ1) is 12.1. The molecule has 6 heteroatoms. The summed E-state index contributed by atoms with van der Waals surface area (Å²) in [5.41, 5.74) is -0.529. The number of nitrogens with zero attached hydrogens (tertiary/aromatic N) is 2. The molecule has 0 bridgehead atoms. The highest BCUT2D eigenvalue weighted by Gasteiger charge is 2.32. The number of carbonyl (C=O) groups excluding carboxylic acids is 1. The highest BCUT2D eigenvalue weighted by molar-refractivity contribution is 14.1. The molecule has 0 aliphatic heterocycles. The Morgan fingerprint density at radius 2 is 1.88 bits per heavy atom. The Labute approximate surface area is 159 Å². The maximum absolute atomic E-state index is 12.6. The average Bonchev–Trinajstić information content (AvgIpc) is 3.17. The normalized spacial score (nSPS) is 13.0. The molecular formula is C19H17IN2O3. The summed E-state index contributed by atoms with van der Waals surface area (Å²) in [6.45, 7) is 1.95. The summed E-state index contributed by atoms with van der Waals surface area (Å²) < 4.78 is 14.4. The lowest BCUT2D eigenvalue weighted by atomic mass is 10.2. The predicted molar refractivity (Wildman–Crippen MR) is 102 cm³/mol. The van der Waals surface area contributed by atoms with E-state index in [2.05, 4.69) is 27.6 Å². The van der Waals surface area contributed by atoms with Crippen molar-refractivity contribution in [2.24, 2.45) is 0 Å². The Kier molecular flexibility index (Phi) is 5.37. The van der Waals surface area contributed by atoms with Crippen LogP contribution >= 0.6 is 22.6 Å². The van der Waals surface area contributed by atoms with Crippen LogP contribution in [0.1, 0.15) is 17.3 Å². The fourth-order valence-corrected chi connectivity index (χ4v) is 2.63. The van der Waals surface area contributed by atoms with Crippen LogP contribution in [-0.2, 0) is 10.5 Å². The monoisotopic (exact) mass is 448 g/mol. The van der Waals surface area contributed by atoms with Gasteiger partial charge in [0.05, 0.1) is 11.9 Å². The Balaban J connectivity index is 1.79. The minimum atomic E-state index is -1.02. The number of halogens is 1. The van der Waals surface area contributed by atoms with Crippen molar-refractivity contribution < 1.29 is 14.3 Å². The second-order valence-corrected chi connectivity index (χ2v) is 6.89. The molecule has 0 aliphatic carbocycles. The SMILES string of the molecule is CC(COc1ccccc1)(OC(=O)c1ccc(I)cc1)n1ccnc1. The van der Waals surface area contributed by atoms with Gasteiger partial charge in [-0.15, -0.1) is 0 Å². The van der Waals surface area contributed by atoms with Gasteiger partial charge in [-0.1, -0.05) is 18.2 Å². The molecule has 0 radical (unpaired) electrons. The molecule has 0 amide bonds. The predicted octanol–water partition coefficient (Wildman–Crippen LogP) is 4.10. The van der Waals surface area contributed by atoms with Crippen molar-refractivity contribution in [3.8, 4) is 5.75 Å². The first-order valence-corrected chi connectivity index (χ1v) is 8.80. The molecule has 0 aliphatic rings. The lowest BCUT2D eigenvalue weighted by molar-refractivity contribution is -0.0794. The van der Waals surface area contributed by atoms with Crippen molar-refractivity contribution in [2.75, 3.05) is 6.61 Å². The van der Waals surface area contributed by atoms with Crippen LogP contribution in [0, 0.1) is 3.57 Å². The minimum absolute atomic E-state index is 0.156. The fourth-order valence-electron chi connectivity index (χ4n) is 2.27. The molecule has 5 nitrogen and oxygen atoms in total. The van der Waals surface area contributed by atoms with E-state index < -0.39 is 11.7 Å². The Morgan fingerprint density at radius 1 is 1.16 bits per heavy atom.